The van der Waals surface area contributed by atoms with Crippen LogP contribution in [0.25, 0.3) is 0 Å². The predicted octanol–water partition coefficient (Wildman–Crippen LogP) is 9.32. The summed E-state index contributed by atoms with van der Waals surface area (Å²) < 4.78 is 5.90. The third kappa shape index (κ3) is 14.4. The smallest absolute Gasteiger partial charge is 0.229 e. The number of nitrogens with zero attached hydrogens (tertiary/aromatic N) is 2. The van der Waals surface area contributed by atoms with Crippen LogP contribution in [0.4, 0.5) is 0 Å². The second-order valence-electron chi connectivity index (χ2n) is 13.0. The highest BCUT2D eigenvalue weighted by Crippen LogP contribution is 2.36. The normalized spacial score (nSPS) is 17.6. The van der Waals surface area contributed by atoms with Crippen LogP contribution in [0.5, 0.6) is 0 Å². The van der Waals surface area contributed by atoms with Crippen LogP contribution in [0.3, 0.4) is 0 Å². The van der Waals surface area contributed by atoms with Crippen molar-refractivity contribution in [2.45, 2.75) is 109 Å². The fourth-order valence-electron chi connectivity index (χ4n) is 6.60. The maximum Gasteiger partial charge on any atom is 0.229 e. The maximum atomic E-state index is 13.7. The molecule has 1 atom stereocenters. The van der Waals surface area contributed by atoms with Gasteiger partial charge in [0.15, 0.2) is 0 Å². The molecule has 0 aromatic heterocycles. The van der Waals surface area contributed by atoms with Crippen molar-refractivity contribution in [3.63, 3.8) is 0 Å². The van der Waals surface area contributed by atoms with E-state index in [9.17, 15) is 4.79 Å². The van der Waals surface area contributed by atoms with Crippen molar-refractivity contribution >= 4 is 5.91 Å². The molecule has 1 unspecified atom stereocenters. The highest BCUT2D eigenvalue weighted by molar-refractivity contribution is 5.82. The molecule has 0 radical (unpaired) electrons. The first-order chi connectivity index (χ1) is 22.7. The first-order valence-electron chi connectivity index (χ1n) is 18.2. The SMILES string of the molecule is C=CCCCCC1CC(C2=C(C/C=C/CCCCO)CN(CCCCC=C)CC2)=CN(CCCCCOCc2ccccc2)C1=O. The minimum atomic E-state index is 0.0683. The number of ether oxygens (including phenoxy) is 1. The zero-order valence-electron chi connectivity index (χ0n) is 28.7. The predicted molar refractivity (Wildman–Crippen MR) is 193 cm³/mol. The minimum absolute atomic E-state index is 0.0683. The molecular weight excluding hydrogens is 568 g/mol. The van der Waals surface area contributed by atoms with Gasteiger partial charge in [-0.2, -0.15) is 0 Å². The third-order valence-corrected chi connectivity index (χ3v) is 9.27. The van der Waals surface area contributed by atoms with E-state index < -0.39 is 0 Å². The molecular formula is C41H62N2O3. The molecule has 1 aromatic carbocycles. The van der Waals surface area contributed by atoms with Crippen molar-refractivity contribution < 1.29 is 14.6 Å². The Morgan fingerprint density at radius 3 is 2.41 bits per heavy atom. The van der Waals surface area contributed by atoms with E-state index in [0.29, 0.717) is 12.5 Å². The summed E-state index contributed by atoms with van der Waals surface area (Å²) in [6.45, 7) is 13.5. The van der Waals surface area contributed by atoms with Crippen LogP contribution < -0.4 is 0 Å². The first-order valence-corrected chi connectivity index (χ1v) is 18.2. The van der Waals surface area contributed by atoms with Gasteiger partial charge in [-0.05, 0) is 125 Å². The number of allylic oxidation sites excluding steroid dienone is 5. The number of carbonyl (C=O) groups excluding carboxylic acids is 1. The van der Waals surface area contributed by atoms with E-state index in [1.807, 2.05) is 18.2 Å². The molecule has 0 spiro atoms. The Bertz CT molecular complexity index is 1110. The molecule has 1 N–H and O–H groups in total. The quantitative estimate of drug-likeness (QED) is 0.0864. The Kier molecular flexibility index (Phi) is 19.3. The van der Waals surface area contributed by atoms with Crippen LogP contribution >= 0.6 is 0 Å². The molecule has 3 rings (SSSR count). The number of benzene rings is 1. The van der Waals surface area contributed by atoms with Gasteiger partial charge in [-0.15, -0.1) is 13.2 Å². The molecule has 0 bridgehead atoms. The van der Waals surface area contributed by atoms with Crippen molar-refractivity contribution in [2.75, 3.05) is 39.4 Å². The number of amides is 1. The number of carbonyl (C=O) groups is 1. The van der Waals surface area contributed by atoms with Crippen molar-refractivity contribution in [3.8, 4) is 0 Å². The van der Waals surface area contributed by atoms with E-state index in [1.54, 1.807) is 0 Å². The first kappa shape index (κ1) is 37.7. The second kappa shape index (κ2) is 23.6. The number of unbranched alkanes of at least 4 members (excludes halogenated alkanes) is 8. The van der Waals surface area contributed by atoms with Crippen molar-refractivity contribution in [2.24, 2.45) is 5.92 Å². The second-order valence-corrected chi connectivity index (χ2v) is 13.0. The summed E-state index contributed by atoms with van der Waals surface area (Å²) in [4.78, 5) is 18.4. The molecule has 0 saturated carbocycles. The van der Waals surface area contributed by atoms with Crippen molar-refractivity contribution in [1.82, 2.24) is 9.80 Å². The molecule has 5 nitrogen and oxygen atoms in total. The molecule has 0 fully saturated rings. The molecule has 254 valence electrons. The van der Waals surface area contributed by atoms with Gasteiger partial charge in [-0.1, -0.05) is 61.1 Å². The lowest BCUT2D eigenvalue weighted by molar-refractivity contribution is -0.134. The van der Waals surface area contributed by atoms with Crippen LogP contribution in [0.1, 0.15) is 108 Å². The number of rotatable bonds is 25. The molecule has 1 amide bonds. The van der Waals surface area contributed by atoms with E-state index in [4.69, 9.17) is 9.84 Å². The van der Waals surface area contributed by atoms with Gasteiger partial charge in [0.25, 0.3) is 0 Å². The van der Waals surface area contributed by atoms with E-state index in [-0.39, 0.29) is 12.5 Å². The Morgan fingerprint density at radius 2 is 1.63 bits per heavy atom. The number of aliphatic hydroxyl groups is 1. The molecule has 2 aliphatic heterocycles. The van der Waals surface area contributed by atoms with Gasteiger partial charge in [0.05, 0.1) is 6.61 Å². The van der Waals surface area contributed by atoms with Crippen LogP contribution in [0.2, 0.25) is 0 Å². The summed E-state index contributed by atoms with van der Waals surface area (Å²) in [5.41, 5.74) is 5.64. The monoisotopic (exact) mass is 630 g/mol. The average Bonchev–Trinajstić information content (AvgIpc) is 3.08. The fourth-order valence-corrected chi connectivity index (χ4v) is 6.60. The molecule has 0 aliphatic carbocycles. The average molecular weight is 631 g/mol. The van der Waals surface area contributed by atoms with Crippen molar-refractivity contribution in [3.05, 3.63) is 96.3 Å². The summed E-state index contributed by atoms with van der Waals surface area (Å²) in [7, 11) is 0. The Balaban J connectivity index is 1.67. The van der Waals surface area contributed by atoms with Crippen LogP contribution in [-0.4, -0.2) is 60.2 Å². The highest BCUT2D eigenvalue weighted by atomic mass is 16.5. The Hall–Kier alpha value is -2.73. The lowest BCUT2D eigenvalue weighted by Gasteiger charge is -2.36. The molecule has 2 heterocycles. The number of aliphatic hydroxyl groups excluding tert-OH is 1. The van der Waals surface area contributed by atoms with Crippen LogP contribution in [0.15, 0.2) is 90.7 Å². The molecule has 5 heteroatoms. The van der Waals surface area contributed by atoms with Crippen LogP contribution in [-0.2, 0) is 16.1 Å². The standard InChI is InChI=1S/C41H62N2O3/c1-3-5-7-16-24-37-32-39(34-43(41(37)45)28-19-13-21-31-46-35-36-22-14-12-15-23-36)40-26-29-42(27-18-8-6-4-2)33-38(40)25-17-10-9-11-20-30-44/h3-4,10,12,14-15,17,22-23,34,37,44H,1-2,5-9,11,13,16,18-21,24-33,35H2/b17-10+. The largest absolute Gasteiger partial charge is 0.396 e. The topological polar surface area (TPSA) is 53.0 Å². The molecule has 46 heavy (non-hydrogen) atoms. The van der Waals surface area contributed by atoms with Crippen LogP contribution in [0, 0.1) is 5.92 Å². The number of hydrogen-bond donors (Lipinski definition) is 1. The van der Waals surface area contributed by atoms with Gasteiger partial charge in [0.2, 0.25) is 5.91 Å². The summed E-state index contributed by atoms with van der Waals surface area (Å²) in [5, 5.41) is 9.14. The third-order valence-electron chi connectivity index (χ3n) is 9.27. The zero-order chi connectivity index (χ0) is 32.7. The molecule has 1 aromatic rings. The van der Waals surface area contributed by atoms with Gasteiger partial charge in [-0.3, -0.25) is 9.69 Å². The number of hydrogen-bond acceptors (Lipinski definition) is 4. The summed E-state index contributed by atoms with van der Waals surface area (Å²) in [6.07, 6.45) is 27.4. The summed E-state index contributed by atoms with van der Waals surface area (Å²) >= 11 is 0. The Labute approximate surface area is 280 Å². The van der Waals surface area contributed by atoms with Gasteiger partial charge in [-0.25, -0.2) is 0 Å². The molecule has 0 saturated heterocycles. The van der Waals surface area contributed by atoms with Gasteiger partial charge >= 0.3 is 0 Å². The van der Waals surface area contributed by atoms with E-state index in [1.165, 1.54) is 35.1 Å². The lowest BCUT2D eigenvalue weighted by atomic mass is 9.82. The van der Waals surface area contributed by atoms with Gasteiger partial charge < -0.3 is 14.7 Å². The lowest BCUT2D eigenvalue weighted by Crippen LogP contribution is -2.38. The Morgan fingerprint density at radius 1 is 0.870 bits per heavy atom. The van der Waals surface area contributed by atoms with Gasteiger partial charge in [0.1, 0.15) is 0 Å². The van der Waals surface area contributed by atoms with E-state index in [0.717, 1.165) is 123 Å². The summed E-state index contributed by atoms with van der Waals surface area (Å²) in [6, 6.07) is 10.3. The minimum Gasteiger partial charge on any atom is -0.396 e. The van der Waals surface area contributed by atoms with E-state index in [2.05, 4.69) is 65.6 Å². The highest BCUT2D eigenvalue weighted by Gasteiger charge is 2.31. The fraction of sp³-hybridized carbons (Fsp3) is 0.585. The van der Waals surface area contributed by atoms with Crippen molar-refractivity contribution in [1.29, 1.82) is 0 Å². The zero-order valence-corrected chi connectivity index (χ0v) is 28.7. The maximum absolute atomic E-state index is 13.7. The van der Waals surface area contributed by atoms with Gasteiger partial charge in [0, 0.05) is 45.0 Å². The molecule has 2 aliphatic rings. The van der Waals surface area contributed by atoms with E-state index >= 15 is 0 Å². The summed E-state index contributed by atoms with van der Waals surface area (Å²) in [5.74, 6) is 0.381.